The van der Waals surface area contributed by atoms with E-state index in [1.807, 2.05) is 60.7 Å². The van der Waals surface area contributed by atoms with Crippen molar-refractivity contribution in [2.75, 3.05) is 50.9 Å². The number of morpholine rings is 1. The number of aromatic nitrogens is 1. The lowest BCUT2D eigenvalue weighted by atomic mass is 10.1. The Kier molecular flexibility index (Phi) is 6.81. The Morgan fingerprint density at radius 1 is 1.03 bits per heavy atom. The summed E-state index contributed by atoms with van der Waals surface area (Å²) in [6.45, 7) is 4.97. The van der Waals surface area contributed by atoms with Crippen molar-refractivity contribution in [1.82, 2.24) is 9.88 Å². The molecule has 1 fully saturated rings. The molecule has 1 amide bonds. The van der Waals surface area contributed by atoms with Gasteiger partial charge in [-0.15, -0.1) is 0 Å². The van der Waals surface area contributed by atoms with Crippen molar-refractivity contribution in [2.24, 2.45) is 0 Å². The quantitative estimate of drug-likeness (QED) is 0.384. The number of carbonyl (C=O) groups is 1. The smallest absolute Gasteiger partial charge is 0.266 e. The molecule has 0 saturated carbocycles. The van der Waals surface area contributed by atoms with Gasteiger partial charge in [0, 0.05) is 26.2 Å². The number of benzene rings is 3. The first-order chi connectivity index (χ1) is 16.3. The van der Waals surface area contributed by atoms with Crippen LogP contribution in [0.3, 0.4) is 0 Å². The van der Waals surface area contributed by atoms with Crippen molar-refractivity contribution in [2.45, 2.75) is 6.42 Å². The van der Waals surface area contributed by atoms with Gasteiger partial charge in [-0.3, -0.25) is 14.6 Å². The topological polar surface area (TPSA) is 54.9 Å². The first-order valence-corrected chi connectivity index (χ1v) is 12.2. The summed E-state index contributed by atoms with van der Waals surface area (Å²) < 4.78 is 12.4. The number of para-hydroxylation sites is 1. The molecule has 5 rings (SSSR count). The molecular weight excluding hydrogens is 434 g/mol. The summed E-state index contributed by atoms with van der Waals surface area (Å²) in [7, 11) is 0. The number of anilines is 1. The van der Waals surface area contributed by atoms with E-state index in [9.17, 15) is 4.79 Å². The monoisotopic (exact) mass is 461 g/mol. The van der Waals surface area contributed by atoms with Crippen molar-refractivity contribution in [3.05, 3.63) is 66.7 Å². The van der Waals surface area contributed by atoms with Crippen LogP contribution >= 0.6 is 11.3 Å². The lowest BCUT2D eigenvalue weighted by molar-refractivity contribution is -0.120. The fraction of sp³-hybridized carbons (Fsp3) is 0.308. The van der Waals surface area contributed by atoms with E-state index in [0.29, 0.717) is 12.3 Å². The molecule has 0 N–H and O–H groups in total. The maximum absolute atomic E-state index is 13.3. The fourth-order valence-electron chi connectivity index (χ4n) is 4.06. The molecule has 2 heterocycles. The van der Waals surface area contributed by atoms with Gasteiger partial charge in [0.05, 0.1) is 23.4 Å². The molecule has 0 unspecified atom stereocenters. The number of amides is 1. The Morgan fingerprint density at radius 3 is 2.67 bits per heavy atom. The number of hydrogen-bond donors (Lipinski definition) is 0. The van der Waals surface area contributed by atoms with Gasteiger partial charge in [0.25, 0.3) is 5.91 Å². The molecule has 3 aromatic carbocycles. The van der Waals surface area contributed by atoms with Crippen LogP contribution in [0.25, 0.3) is 21.0 Å². The number of ether oxygens (including phenoxy) is 2. The summed E-state index contributed by atoms with van der Waals surface area (Å²) in [5.74, 6) is 0.615. The van der Waals surface area contributed by atoms with Crippen LogP contribution in [0.1, 0.15) is 6.42 Å². The molecule has 33 heavy (non-hydrogen) atoms. The van der Waals surface area contributed by atoms with E-state index in [-0.39, 0.29) is 12.5 Å². The van der Waals surface area contributed by atoms with E-state index >= 15 is 0 Å². The zero-order chi connectivity index (χ0) is 22.5. The molecule has 0 spiro atoms. The second kappa shape index (κ2) is 10.3. The fourth-order valence-corrected chi connectivity index (χ4v) is 5.07. The molecule has 1 saturated heterocycles. The summed E-state index contributed by atoms with van der Waals surface area (Å²) in [6.07, 6.45) is 0.873. The predicted molar refractivity (Wildman–Crippen MR) is 133 cm³/mol. The van der Waals surface area contributed by atoms with Gasteiger partial charge in [-0.05, 0) is 41.5 Å². The predicted octanol–water partition coefficient (Wildman–Crippen LogP) is 4.58. The summed E-state index contributed by atoms with van der Waals surface area (Å²) in [5.41, 5.74) is 0.916. The highest BCUT2D eigenvalue weighted by Crippen LogP contribution is 2.29. The average Bonchev–Trinajstić information content (AvgIpc) is 3.29. The van der Waals surface area contributed by atoms with Crippen molar-refractivity contribution in [1.29, 1.82) is 0 Å². The Bertz CT molecular complexity index is 1200. The van der Waals surface area contributed by atoms with Gasteiger partial charge in [-0.1, -0.05) is 53.8 Å². The zero-order valence-electron chi connectivity index (χ0n) is 18.5. The highest BCUT2D eigenvalue weighted by atomic mass is 32.1. The maximum Gasteiger partial charge on any atom is 0.266 e. The van der Waals surface area contributed by atoms with Crippen LogP contribution in [0.2, 0.25) is 0 Å². The lowest BCUT2D eigenvalue weighted by Crippen LogP contribution is -2.40. The SMILES string of the molecule is O=C(COc1ccc2ccccc2c1)N(CCCN1CCOCC1)c1nc2ccccc2s1. The van der Waals surface area contributed by atoms with Crippen molar-refractivity contribution < 1.29 is 14.3 Å². The second-order valence-corrected chi connectivity index (χ2v) is 9.12. The van der Waals surface area contributed by atoms with Crippen LogP contribution in [-0.2, 0) is 9.53 Å². The van der Waals surface area contributed by atoms with Crippen LogP contribution in [0, 0.1) is 0 Å². The summed E-state index contributed by atoms with van der Waals surface area (Å²) in [4.78, 5) is 22.2. The molecule has 6 nitrogen and oxygen atoms in total. The minimum Gasteiger partial charge on any atom is -0.484 e. The summed E-state index contributed by atoms with van der Waals surface area (Å²) in [5, 5.41) is 2.97. The number of rotatable bonds is 8. The van der Waals surface area contributed by atoms with Gasteiger partial charge in [0.2, 0.25) is 0 Å². The van der Waals surface area contributed by atoms with Gasteiger partial charge in [-0.25, -0.2) is 4.98 Å². The second-order valence-electron chi connectivity index (χ2n) is 8.11. The molecule has 0 radical (unpaired) electrons. The average molecular weight is 462 g/mol. The van der Waals surface area contributed by atoms with Gasteiger partial charge >= 0.3 is 0 Å². The Morgan fingerprint density at radius 2 is 1.82 bits per heavy atom. The highest BCUT2D eigenvalue weighted by molar-refractivity contribution is 7.22. The normalized spacial score (nSPS) is 14.5. The first-order valence-electron chi connectivity index (χ1n) is 11.3. The van der Waals surface area contributed by atoms with E-state index in [1.165, 1.54) is 0 Å². The zero-order valence-corrected chi connectivity index (χ0v) is 19.3. The highest BCUT2D eigenvalue weighted by Gasteiger charge is 2.21. The summed E-state index contributed by atoms with van der Waals surface area (Å²) in [6, 6.07) is 22.0. The number of hydrogen-bond acceptors (Lipinski definition) is 6. The molecule has 1 aromatic heterocycles. The molecule has 0 aliphatic carbocycles. The largest absolute Gasteiger partial charge is 0.484 e. The molecule has 0 bridgehead atoms. The molecule has 170 valence electrons. The van der Waals surface area contributed by atoms with E-state index in [1.54, 1.807) is 16.2 Å². The molecule has 0 atom stereocenters. The Hall–Kier alpha value is -3.00. The minimum absolute atomic E-state index is 0.0220. The van der Waals surface area contributed by atoms with Gasteiger partial charge in [0.15, 0.2) is 11.7 Å². The van der Waals surface area contributed by atoms with Crippen molar-refractivity contribution in [3.8, 4) is 5.75 Å². The van der Waals surface area contributed by atoms with Gasteiger partial charge in [0.1, 0.15) is 5.75 Å². The van der Waals surface area contributed by atoms with Crippen LogP contribution in [0.15, 0.2) is 66.7 Å². The maximum atomic E-state index is 13.3. The number of carbonyl (C=O) groups excluding carboxylic acids is 1. The molecule has 1 aliphatic rings. The van der Waals surface area contributed by atoms with E-state index in [0.717, 1.165) is 65.4 Å². The van der Waals surface area contributed by atoms with E-state index in [4.69, 9.17) is 14.5 Å². The van der Waals surface area contributed by atoms with Gasteiger partial charge < -0.3 is 9.47 Å². The van der Waals surface area contributed by atoms with Gasteiger partial charge in [-0.2, -0.15) is 0 Å². The number of nitrogens with zero attached hydrogens (tertiary/aromatic N) is 3. The molecule has 1 aliphatic heterocycles. The van der Waals surface area contributed by atoms with Crippen molar-refractivity contribution >= 4 is 43.4 Å². The number of thiazole rings is 1. The third kappa shape index (κ3) is 5.33. The Balaban J connectivity index is 1.29. The van der Waals surface area contributed by atoms with Crippen molar-refractivity contribution in [3.63, 3.8) is 0 Å². The third-order valence-corrected chi connectivity index (χ3v) is 6.92. The summed E-state index contributed by atoms with van der Waals surface area (Å²) >= 11 is 1.55. The lowest BCUT2D eigenvalue weighted by Gasteiger charge is -2.27. The molecular formula is C26H27N3O3S. The van der Waals surface area contributed by atoms with Crippen LogP contribution in [0.5, 0.6) is 5.75 Å². The first kappa shape index (κ1) is 21.8. The Labute approximate surface area is 197 Å². The van der Waals surface area contributed by atoms with E-state index < -0.39 is 0 Å². The molecule has 7 heteroatoms. The third-order valence-electron chi connectivity index (χ3n) is 5.86. The van der Waals surface area contributed by atoms with E-state index in [2.05, 4.69) is 11.0 Å². The molecule has 4 aromatic rings. The van der Waals surface area contributed by atoms with Crippen LogP contribution < -0.4 is 9.64 Å². The minimum atomic E-state index is -0.0795. The van der Waals surface area contributed by atoms with Crippen LogP contribution in [-0.4, -0.2) is 61.8 Å². The standard InChI is InChI=1S/C26H27N3O3S/c30-25(19-32-22-11-10-20-6-1-2-7-21(20)18-22)29(13-5-12-28-14-16-31-17-15-28)26-27-23-8-3-4-9-24(23)33-26/h1-4,6-11,18H,5,12-17,19H2. The van der Waals surface area contributed by atoms with Crippen LogP contribution in [0.4, 0.5) is 5.13 Å². The number of fused-ring (bicyclic) bond motifs is 2.